The predicted molar refractivity (Wildman–Crippen MR) is 32.5 cm³/mol. The SMILES string of the molecule is O=S(=O)(F)c1cc(F)ccn1. The van der Waals surface area contributed by atoms with Crippen molar-refractivity contribution in [1.82, 2.24) is 4.98 Å². The van der Waals surface area contributed by atoms with Crippen LogP contribution < -0.4 is 0 Å². The maximum atomic E-state index is 12.2. The lowest BCUT2D eigenvalue weighted by molar-refractivity contribution is 0.544. The molecule has 60 valence electrons. The summed E-state index contributed by atoms with van der Waals surface area (Å²) in [5, 5.41) is -0.905. The highest BCUT2D eigenvalue weighted by molar-refractivity contribution is 7.86. The molecule has 0 saturated heterocycles. The highest BCUT2D eigenvalue weighted by atomic mass is 32.3. The van der Waals surface area contributed by atoms with Gasteiger partial charge in [0.15, 0.2) is 5.03 Å². The second-order valence-electron chi connectivity index (χ2n) is 1.75. The van der Waals surface area contributed by atoms with E-state index in [1.54, 1.807) is 0 Å². The van der Waals surface area contributed by atoms with E-state index < -0.39 is 21.1 Å². The Balaban J connectivity index is 3.28. The molecule has 0 radical (unpaired) electrons. The summed E-state index contributed by atoms with van der Waals surface area (Å²) in [6.07, 6.45) is 0.877. The largest absolute Gasteiger partial charge is 0.349 e. The second kappa shape index (κ2) is 2.54. The quantitative estimate of drug-likeness (QED) is 0.601. The fourth-order valence-corrected chi connectivity index (χ4v) is 0.959. The number of hydrogen-bond donors (Lipinski definition) is 0. The molecule has 1 aromatic heterocycles. The molecule has 1 rings (SSSR count). The van der Waals surface area contributed by atoms with Crippen LogP contribution in [-0.2, 0) is 10.2 Å². The summed E-state index contributed by atoms with van der Waals surface area (Å²) < 4.78 is 44.4. The number of nitrogens with zero attached hydrogens (tertiary/aromatic N) is 1. The van der Waals surface area contributed by atoms with Crippen LogP contribution >= 0.6 is 0 Å². The van der Waals surface area contributed by atoms with Crippen LogP contribution in [0.1, 0.15) is 0 Å². The minimum Gasteiger partial charge on any atom is -0.242 e. The Morgan fingerprint density at radius 2 is 2.09 bits per heavy atom. The molecular weight excluding hydrogens is 176 g/mol. The molecule has 0 bridgehead atoms. The van der Waals surface area contributed by atoms with Gasteiger partial charge in [0.2, 0.25) is 0 Å². The first kappa shape index (κ1) is 8.06. The molecule has 0 aliphatic heterocycles. The van der Waals surface area contributed by atoms with Crippen LogP contribution in [-0.4, -0.2) is 13.4 Å². The Morgan fingerprint density at radius 3 is 2.45 bits per heavy atom. The van der Waals surface area contributed by atoms with Crippen LogP contribution in [0.2, 0.25) is 0 Å². The van der Waals surface area contributed by atoms with Gasteiger partial charge in [-0.1, -0.05) is 3.89 Å². The summed E-state index contributed by atoms with van der Waals surface area (Å²) in [4.78, 5) is 3.11. The van der Waals surface area contributed by atoms with Crippen molar-refractivity contribution >= 4 is 10.2 Å². The lowest BCUT2D eigenvalue weighted by Gasteiger charge is -1.91. The first-order valence-electron chi connectivity index (χ1n) is 2.56. The molecule has 11 heavy (non-hydrogen) atoms. The summed E-state index contributed by atoms with van der Waals surface area (Å²) in [7, 11) is -4.88. The van der Waals surface area contributed by atoms with Crippen LogP contribution in [0.5, 0.6) is 0 Å². The first-order chi connectivity index (χ1) is 5.00. The predicted octanol–water partition coefficient (Wildman–Crippen LogP) is 0.879. The van der Waals surface area contributed by atoms with Gasteiger partial charge >= 0.3 is 10.2 Å². The highest BCUT2D eigenvalue weighted by Gasteiger charge is 2.13. The summed E-state index contributed by atoms with van der Waals surface area (Å²) in [5.41, 5.74) is 0. The third-order valence-corrected chi connectivity index (χ3v) is 1.67. The topological polar surface area (TPSA) is 47.0 Å². The number of aromatic nitrogens is 1. The van der Waals surface area contributed by atoms with E-state index in [4.69, 9.17) is 0 Å². The molecule has 1 heterocycles. The van der Waals surface area contributed by atoms with Gasteiger partial charge in [-0.3, -0.25) is 0 Å². The zero-order chi connectivity index (χ0) is 8.48. The minimum absolute atomic E-state index is 0.509. The van der Waals surface area contributed by atoms with Crippen molar-refractivity contribution < 1.29 is 16.7 Å². The maximum Gasteiger partial charge on any atom is 0.349 e. The normalized spacial score (nSPS) is 11.5. The standard InChI is InChI=1S/C5H3F2NO2S/c6-4-1-2-8-5(3-4)11(7,9)10/h1-3H. The fourth-order valence-electron chi connectivity index (χ4n) is 0.519. The lowest BCUT2D eigenvalue weighted by Crippen LogP contribution is -1.95. The monoisotopic (exact) mass is 179 g/mol. The summed E-state index contributed by atoms with van der Waals surface area (Å²) >= 11 is 0. The van der Waals surface area contributed by atoms with Gasteiger partial charge in [0.25, 0.3) is 0 Å². The van der Waals surface area contributed by atoms with Crippen molar-refractivity contribution in [3.05, 3.63) is 24.1 Å². The van der Waals surface area contributed by atoms with Crippen LogP contribution in [0.15, 0.2) is 23.4 Å². The molecule has 0 saturated carbocycles. The van der Waals surface area contributed by atoms with Gasteiger partial charge in [-0.25, -0.2) is 9.37 Å². The first-order valence-corrected chi connectivity index (χ1v) is 3.95. The molecule has 0 unspecified atom stereocenters. The summed E-state index contributed by atoms with van der Waals surface area (Å²) in [6.45, 7) is 0. The lowest BCUT2D eigenvalue weighted by atomic mass is 10.5. The van der Waals surface area contributed by atoms with Crippen molar-refractivity contribution in [2.24, 2.45) is 0 Å². The van der Waals surface area contributed by atoms with Crippen molar-refractivity contribution in [2.45, 2.75) is 5.03 Å². The van der Waals surface area contributed by atoms with Crippen LogP contribution in [0, 0.1) is 5.82 Å². The number of rotatable bonds is 1. The molecule has 0 aliphatic carbocycles. The fraction of sp³-hybridized carbons (Fsp3) is 0. The van der Waals surface area contributed by atoms with E-state index >= 15 is 0 Å². The zero-order valence-electron chi connectivity index (χ0n) is 5.16. The molecule has 0 fully saturated rings. The molecule has 1 aromatic rings. The van der Waals surface area contributed by atoms with Gasteiger partial charge in [0, 0.05) is 12.3 Å². The van der Waals surface area contributed by atoms with Crippen molar-refractivity contribution in [2.75, 3.05) is 0 Å². The molecule has 0 spiro atoms. The Labute approximate surface area is 61.9 Å². The molecule has 0 aromatic carbocycles. The molecule has 0 N–H and O–H groups in total. The Bertz CT molecular complexity index is 363. The summed E-state index contributed by atoms with van der Waals surface area (Å²) in [5.74, 6) is -0.837. The molecule has 0 atom stereocenters. The van der Waals surface area contributed by atoms with Gasteiger partial charge in [-0.2, -0.15) is 8.42 Å². The van der Waals surface area contributed by atoms with E-state index in [1.165, 1.54) is 0 Å². The highest BCUT2D eigenvalue weighted by Crippen LogP contribution is 2.08. The average molecular weight is 179 g/mol. The minimum atomic E-state index is -4.88. The van der Waals surface area contributed by atoms with E-state index in [0.717, 1.165) is 12.3 Å². The van der Waals surface area contributed by atoms with Crippen molar-refractivity contribution in [3.8, 4) is 0 Å². The maximum absolute atomic E-state index is 12.2. The van der Waals surface area contributed by atoms with Crippen LogP contribution in [0.3, 0.4) is 0 Å². The number of hydrogen-bond acceptors (Lipinski definition) is 3. The Kier molecular flexibility index (Phi) is 1.86. The smallest absolute Gasteiger partial charge is 0.242 e. The number of halogens is 2. The van der Waals surface area contributed by atoms with Gasteiger partial charge in [0.05, 0.1) is 0 Å². The third-order valence-electron chi connectivity index (χ3n) is 0.947. The average Bonchev–Trinajstić information content (AvgIpc) is 1.86. The van der Waals surface area contributed by atoms with Crippen molar-refractivity contribution in [3.63, 3.8) is 0 Å². The van der Waals surface area contributed by atoms with E-state index in [0.29, 0.717) is 6.07 Å². The zero-order valence-corrected chi connectivity index (χ0v) is 5.98. The molecule has 3 nitrogen and oxygen atoms in total. The van der Waals surface area contributed by atoms with E-state index in [-0.39, 0.29) is 0 Å². The van der Waals surface area contributed by atoms with Gasteiger partial charge < -0.3 is 0 Å². The number of pyridine rings is 1. The van der Waals surface area contributed by atoms with Gasteiger partial charge in [-0.05, 0) is 6.07 Å². The summed E-state index contributed by atoms with van der Waals surface area (Å²) in [6, 6.07) is 1.43. The second-order valence-corrected chi connectivity index (χ2v) is 3.04. The Morgan fingerprint density at radius 1 is 1.45 bits per heavy atom. The van der Waals surface area contributed by atoms with E-state index in [9.17, 15) is 16.7 Å². The van der Waals surface area contributed by atoms with Gasteiger partial charge in [-0.15, -0.1) is 0 Å². The van der Waals surface area contributed by atoms with Crippen molar-refractivity contribution in [1.29, 1.82) is 0 Å². The van der Waals surface area contributed by atoms with E-state index in [2.05, 4.69) is 4.98 Å². The Hall–Kier alpha value is -1.04. The van der Waals surface area contributed by atoms with E-state index in [1.807, 2.05) is 0 Å². The van der Waals surface area contributed by atoms with Gasteiger partial charge in [0.1, 0.15) is 5.82 Å². The molecule has 0 aliphatic rings. The molecule has 0 amide bonds. The van der Waals surface area contributed by atoms with Crippen LogP contribution in [0.25, 0.3) is 0 Å². The molecular formula is C5H3F2NO2S. The molecule has 6 heteroatoms. The third kappa shape index (κ3) is 1.94. The van der Waals surface area contributed by atoms with Crippen LogP contribution in [0.4, 0.5) is 8.28 Å².